The van der Waals surface area contributed by atoms with Gasteiger partial charge in [0.2, 0.25) is 0 Å². The predicted molar refractivity (Wildman–Crippen MR) is 43.4 cm³/mol. The SMILES string of the molecule is O=C(O)C1C=CCCCCC1. The molecule has 0 bridgehead atoms. The minimum absolute atomic E-state index is 0.227. The van der Waals surface area contributed by atoms with E-state index in [0.29, 0.717) is 0 Å². The van der Waals surface area contributed by atoms with Gasteiger partial charge in [0.25, 0.3) is 0 Å². The Kier molecular flexibility index (Phi) is 3.14. The van der Waals surface area contributed by atoms with Crippen LogP contribution < -0.4 is 0 Å². The highest BCUT2D eigenvalue weighted by molar-refractivity contribution is 5.72. The van der Waals surface area contributed by atoms with Crippen molar-refractivity contribution in [2.75, 3.05) is 0 Å². The first-order valence-corrected chi connectivity index (χ1v) is 4.20. The van der Waals surface area contributed by atoms with Gasteiger partial charge in [0, 0.05) is 0 Å². The molecule has 0 spiro atoms. The van der Waals surface area contributed by atoms with Crippen molar-refractivity contribution in [2.45, 2.75) is 32.1 Å². The van der Waals surface area contributed by atoms with E-state index in [1.165, 1.54) is 12.8 Å². The van der Waals surface area contributed by atoms with Crippen LogP contribution in [0.3, 0.4) is 0 Å². The van der Waals surface area contributed by atoms with E-state index in [9.17, 15) is 4.79 Å². The average molecular weight is 154 g/mol. The molecule has 0 heterocycles. The number of carbonyl (C=O) groups is 1. The fourth-order valence-electron chi connectivity index (χ4n) is 1.37. The molecular weight excluding hydrogens is 140 g/mol. The van der Waals surface area contributed by atoms with E-state index in [1.54, 1.807) is 0 Å². The lowest BCUT2D eigenvalue weighted by Gasteiger charge is -2.09. The third kappa shape index (κ3) is 2.74. The lowest BCUT2D eigenvalue weighted by atomic mass is 9.97. The summed E-state index contributed by atoms with van der Waals surface area (Å²) in [6, 6.07) is 0. The molecule has 0 fully saturated rings. The maximum absolute atomic E-state index is 10.6. The number of hydrogen-bond acceptors (Lipinski definition) is 1. The number of aliphatic carboxylic acids is 1. The first-order valence-electron chi connectivity index (χ1n) is 4.20. The second-order valence-electron chi connectivity index (χ2n) is 3.01. The van der Waals surface area contributed by atoms with Gasteiger partial charge in [-0.1, -0.05) is 25.0 Å². The highest BCUT2D eigenvalue weighted by Gasteiger charge is 2.13. The van der Waals surface area contributed by atoms with Gasteiger partial charge in [0.1, 0.15) is 0 Å². The van der Waals surface area contributed by atoms with Gasteiger partial charge in [-0.25, -0.2) is 0 Å². The van der Waals surface area contributed by atoms with Crippen LogP contribution in [0.2, 0.25) is 0 Å². The molecule has 2 heteroatoms. The number of allylic oxidation sites excluding steroid dienone is 1. The Morgan fingerprint density at radius 2 is 2.18 bits per heavy atom. The van der Waals surface area contributed by atoms with Crippen molar-refractivity contribution in [3.05, 3.63) is 12.2 Å². The Morgan fingerprint density at radius 3 is 2.91 bits per heavy atom. The normalized spacial score (nSPS) is 25.6. The number of hydrogen-bond donors (Lipinski definition) is 1. The lowest BCUT2D eigenvalue weighted by Crippen LogP contribution is -2.11. The summed E-state index contributed by atoms with van der Waals surface area (Å²) in [5.74, 6) is -0.904. The molecule has 1 atom stereocenters. The summed E-state index contributed by atoms with van der Waals surface area (Å²) in [6.07, 6.45) is 9.13. The van der Waals surface area contributed by atoms with Gasteiger partial charge in [0.05, 0.1) is 5.92 Å². The summed E-state index contributed by atoms with van der Waals surface area (Å²) in [4.78, 5) is 10.6. The molecule has 0 saturated carbocycles. The average Bonchev–Trinajstić information content (AvgIpc) is 1.84. The quantitative estimate of drug-likeness (QED) is 0.588. The number of carboxylic acid groups (broad SMARTS) is 1. The molecule has 62 valence electrons. The first kappa shape index (κ1) is 8.31. The Bertz CT molecular complexity index is 161. The zero-order valence-electron chi connectivity index (χ0n) is 6.62. The van der Waals surface area contributed by atoms with Crippen LogP contribution in [-0.2, 0) is 4.79 Å². The zero-order chi connectivity index (χ0) is 8.10. The van der Waals surface area contributed by atoms with Crippen LogP contribution in [0, 0.1) is 5.92 Å². The molecule has 0 radical (unpaired) electrons. The second kappa shape index (κ2) is 4.16. The lowest BCUT2D eigenvalue weighted by molar-refractivity contribution is -0.140. The minimum Gasteiger partial charge on any atom is -0.481 e. The summed E-state index contributed by atoms with van der Waals surface area (Å²) in [6.45, 7) is 0. The van der Waals surface area contributed by atoms with E-state index in [2.05, 4.69) is 0 Å². The maximum atomic E-state index is 10.6. The van der Waals surface area contributed by atoms with Crippen LogP contribution in [-0.4, -0.2) is 11.1 Å². The van der Waals surface area contributed by atoms with E-state index in [4.69, 9.17) is 5.11 Å². The van der Waals surface area contributed by atoms with Crippen molar-refractivity contribution < 1.29 is 9.90 Å². The fourth-order valence-corrected chi connectivity index (χ4v) is 1.37. The van der Waals surface area contributed by atoms with E-state index in [-0.39, 0.29) is 5.92 Å². The molecule has 0 aromatic rings. The van der Waals surface area contributed by atoms with Crippen LogP contribution in [0.4, 0.5) is 0 Å². The molecule has 0 aromatic carbocycles. The van der Waals surface area contributed by atoms with E-state index in [0.717, 1.165) is 19.3 Å². The largest absolute Gasteiger partial charge is 0.481 e. The smallest absolute Gasteiger partial charge is 0.310 e. The van der Waals surface area contributed by atoms with Crippen molar-refractivity contribution in [3.63, 3.8) is 0 Å². The van der Waals surface area contributed by atoms with Gasteiger partial charge in [-0.15, -0.1) is 0 Å². The van der Waals surface area contributed by atoms with Gasteiger partial charge in [-0.05, 0) is 19.3 Å². The van der Waals surface area contributed by atoms with Gasteiger partial charge >= 0.3 is 5.97 Å². The third-order valence-corrected chi connectivity index (χ3v) is 2.07. The molecule has 1 N–H and O–H groups in total. The first-order chi connectivity index (χ1) is 5.30. The van der Waals surface area contributed by atoms with Crippen LogP contribution in [0.1, 0.15) is 32.1 Å². The van der Waals surface area contributed by atoms with Gasteiger partial charge < -0.3 is 5.11 Å². The van der Waals surface area contributed by atoms with Crippen molar-refractivity contribution >= 4 is 5.97 Å². The van der Waals surface area contributed by atoms with Gasteiger partial charge in [0.15, 0.2) is 0 Å². The standard InChI is InChI=1S/C9H14O2/c10-9(11)8-6-4-2-1-3-5-7-8/h4,6,8H,1-3,5,7H2,(H,10,11). The van der Waals surface area contributed by atoms with Crippen LogP contribution in [0.15, 0.2) is 12.2 Å². The Hall–Kier alpha value is -0.790. The molecule has 1 aliphatic carbocycles. The summed E-state index contributed by atoms with van der Waals surface area (Å²) < 4.78 is 0. The Morgan fingerprint density at radius 1 is 1.36 bits per heavy atom. The third-order valence-electron chi connectivity index (χ3n) is 2.07. The summed E-state index contributed by atoms with van der Waals surface area (Å²) in [5.41, 5.74) is 0. The summed E-state index contributed by atoms with van der Waals surface area (Å²) in [5, 5.41) is 8.70. The summed E-state index contributed by atoms with van der Waals surface area (Å²) in [7, 11) is 0. The molecule has 11 heavy (non-hydrogen) atoms. The zero-order valence-corrected chi connectivity index (χ0v) is 6.62. The van der Waals surface area contributed by atoms with E-state index in [1.807, 2.05) is 12.2 Å². The molecule has 2 nitrogen and oxygen atoms in total. The van der Waals surface area contributed by atoms with E-state index < -0.39 is 5.97 Å². The fraction of sp³-hybridized carbons (Fsp3) is 0.667. The van der Waals surface area contributed by atoms with Crippen molar-refractivity contribution in [3.8, 4) is 0 Å². The highest BCUT2D eigenvalue weighted by Crippen LogP contribution is 2.16. The van der Waals surface area contributed by atoms with Crippen LogP contribution in [0.25, 0.3) is 0 Å². The molecule has 1 unspecified atom stereocenters. The predicted octanol–water partition coefficient (Wildman–Crippen LogP) is 2.21. The van der Waals surface area contributed by atoms with Crippen molar-refractivity contribution in [1.29, 1.82) is 0 Å². The monoisotopic (exact) mass is 154 g/mol. The van der Waals surface area contributed by atoms with Crippen LogP contribution >= 0.6 is 0 Å². The number of rotatable bonds is 1. The summed E-state index contributed by atoms with van der Waals surface area (Å²) >= 11 is 0. The maximum Gasteiger partial charge on any atom is 0.310 e. The second-order valence-corrected chi connectivity index (χ2v) is 3.01. The van der Waals surface area contributed by atoms with Crippen LogP contribution in [0.5, 0.6) is 0 Å². The Balaban J connectivity index is 2.48. The molecule has 0 amide bonds. The van der Waals surface area contributed by atoms with Gasteiger partial charge in [-0.3, -0.25) is 4.79 Å². The minimum atomic E-state index is -0.678. The topological polar surface area (TPSA) is 37.3 Å². The Labute approximate surface area is 66.9 Å². The van der Waals surface area contributed by atoms with Crippen molar-refractivity contribution in [2.24, 2.45) is 5.92 Å². The molecule has 0 saturated heterocycles. The molecule has 1 rings (SSSR count). The number of carboxylic acids is 1. The van der Waals surface area contributed by atoms with E-state index >= 15 is 0 Å². The highest BCUT2D eigenvalue weighted by atomic mass is 16.4. The van der Waals surface area contributed by atoms with Crippen molar-refractivity contribution in [1.82, 2.24) is 0 Å². The molecule has 1 aliphatic rings. The molecule has 0 aromatic heterocycles. The molecule has 0 aliphatic heterocycles. The molecular formula is C9H14O2. The van der Waals surface area contributed by atoms with Gasteiger partial charge in [-0.2, -0.15) is 0 Å².